The summed E-state index contributed by atoms with van der Waals surface area (Å²) in [5.74, 6) is -0.766. The molecular weight excluding hydrogens is 294 g/mol. The number of halogens is 3. The Kier molecular flexibility index (Phi) is 4.29. The molecule has 0 saturated heterocycles. The van der Waals surface area contributed by atoms with Crippen LogP contribution in [0.4, 0.5) is 8.78 Å². The fourth-order valence-electron chi connectivity index (χ4n) is 2.23. The summed E-state index contributed by atoms with van der Waals surface area (Å²) in [5, 5.41) is -0.372. The first-order valence-electron chi connectivity index (χ1n) is 7.13. The SMILES string of the molecule is CC(Cl)c1nc2ccc(F)c(F)c2n1CC(C)(C)C(C)C. The van der Waals surface area contributed by atoms with Crippen molar-refractivity contribution < 1.29 is 8.78 Å². The van der Waals surface area contributed by atoms with Crippen molar-refractivity contribution >= 4 is 22.6 Å². The molecule has 0 bridgehead atoms. The molecule has 5 heteroatoms. The highest BCUT2D eigenvalue weighted by molar-refractivity contribution is 6.20. The number of alkyl halides is 1. The maximum atomic E-state index is 14.2. The quantitative estimate of drug-likeness (QED) is 0.700. The Morgan fingerprint density at radius 2 is 1.86 bits per heavy atom. The molecule has 0 aliphatic rings. The standard InChI is InChI=1S/C16H21ClF2N2/c1-9(2)16(4,5)8-21-14-12(20-15(21)10(3)17)7-6-11(18)13(14)19/h6-7,9-10H,8H2,1-5H3. The molecule has 0 fully saturated rings. The van der Waals surface area contributed by atoms with Crippen LogP contribution in [0.15, 0.2) is 12.1 Å². The van der Waals surface area contributed by atoms with E-state index in [1.54, 1.807) is 11.5 Å². The van der Waals surface area contributed by atoms with E-state index in [9.17, 15) is 8.78 Å². The highest BCUT2D eigenvalue weighted by Gasteiger charge is 2.28. The predicted molar refractivity (Wildman–Crippen MR) is 82.5 cm³/mol. The van der Waals surface area contributed by atoms with Crippen LogP contribution in [0.2, 0.25) is 0 Å². The predicted octanol–water partition coefficient (Wildman–Crippen LogP) is 5.30. The molecule has 0 N–H and O–H groups in total. The molecule has 21 heavy (non-hydrogen) atoms. The number of hydrogen-bond donors (Lipinski definition) is 0. The van der Waals surface area contributed by atoms with E-state index in [4.69, 9.17) is 11.6 Å². The summed E-state index contributed by atoms with van der Waals surface area (Å²) in [7, 11) is 0. The zero-order valence-electron chi connectivity index (χ0n) is 13.0. The molecule has 1 atom stereocenters. The fraction of sp³-hybridized carbons (Fsp3) is 0.562. The molecule has 2 aromatic rings. The lowest BCUT2D eigenvalue weighted by atomic mass is 9.81. The molecule has 0 radical (unpaired) electrons. The summed E-state index contributed by atoms with van der Waals surface area (Å²) in [4.78, 5) is 4.38. The van der Waals surface area contributed by atoms with Crippen molar-refractivity contribution in [3.63, 3.8) is 0 Å². The van der Waals surface area contributed by atoms with Crippen molar-refractivity contribution in [2.24, 2.45) is 11.3 Å². The first-order chi connectivity index (χ1) is 9.65. The minimum Gasteiger partial charge on any atom is -0.324 e. The highest BCUT2D eigenvalue weighted by atomic mass is 35.5. The van der Waals surface area contributed by atoms with E-state index < -0.39 is 11.6 Å². The normalized spacial score (nSPS) is 14.1. The molecule has 0 spiro atoms. The molecule has 0 saturated carbocycles. The van der Waals surface area contributed by atoms with E-state index in [2.05, 4.69) is 32.7 Å². The fourth-order valence-corrected chi connectivity index (χ4v) is 2.40. The van der Waals surface area contributed by atoms with E-state index in [1.165, 1.54) is 6.07 Å². The van der Waals surface area contributed by atoms with Gasteiger partial charge in [-0.3, -0.25) is 0 Å². The Hall–Kier alpha value is -1.16. The number of aromatic nitrogens is 2. The Bertz CT molecular complexity index is 660. The van der Waals surface area contributed by atoms with Crippen molar-refractivity contribution in [2.45, 2.75) is 46.5 Å². The zero-order valence-corrected chi connectivity index (χ0v) is 13.8. The zero-order chi connectivity index (χ0) is 15.9. The molecular formula is C16H21ClF2N2. The second kappa shape index (κ2) is 5.56. The van der Waals surface area contributed by atoms with E-state index in [0.717, 1.165) is 6.07 Å². The highest BCUT2D eigenvalue weighted by Crippen LogP contribution is 2.34. The Labute approximate surface area is 129 Å². The van der Waals surface area contributed by atoms with Crippen LogP contribution in [-0.4, -0.2) is 9.55 Å². The lowest BCUT2D eigenvalue weighted by Gasteiger charge is -2.31. The minimum atomic E-state index is -0.861. The van der Waals surface area contributed by atoms with Crippen molar-refractivity contribution in [2.75, 3.05) is 0 Å². The first kappa shape index (κ1) is 16.2. The van der Waals surface area contributed by atoms with Crippen LogP contribution >= 0.6 is 11.6 Å². The maximum absolute atomic E-state index is 14.2. The van der Waals surface area contributed by atoms with Crippen LogP contribution in [0.5, 0.6) is 0 Å². The van der Waals surface area contributed by atoms with Gasteiger partial charge in [-0.2, -0.15) is 0 Å². The molecule has 2 nitrogen and oxygen atoms in total. The molecule has 1 aromatic carbocycles. The summed E-state index contributed by atoms with van der Waals surface area (Å²) >= 11 is 6.18. The van der Waals surface area contributed by atoms with Crippen LogP contribution in [0, 0.1) is 23.0 Å². The van der Waals surface area contributed by atoms with Gasteiger partial charge in [0.2, 0.25) is 0 Å². The van der Waals surface area contributed by atoms with Crippen molar-refractivity contribution in [1.82, 2.24) is 9.55 Å². The van der Waals surface area contributed by atoms with Crippen LogP contribution in [0.25, 0.3) is 11.0 Å². The summed E-state index contributed by atoms with van der Waals surface area (Å²) in [6.45, 7) is 10.7. The van der Waals surface area contributed by atoms with Gasteiger partial charge in [-0.05, 0) is 30.4 Å². The van der Waals surface area contributed by atoms with Crippen molar-refractivity contribution in [3.05, 3.63) is 29.6 Å². The van der Waals surface area contributed by atoms with Crippen LogP contribution in [0.3, 0.4) is 0 Å². The number of fused-ring (bicyclic) bond motifs is 1. The van der Waals surface area contributed by atoms with Gasteiger partial charge in [0.25, 0.3) is 0 Å². The van der Waals surface area contributed by atoms with E-state index in [-0.39, 0.29) is 16.3 Å². The van der Waals surface area contributed by atoms with E-state index >= 15 is 0 Å². The van der Waals surface area contributed by atoms with Gasteiger partial charge < -0.3 is 4.57 Å². The van der Waals surface area contributed by atoms with Crippen LogP contribution in [0.1, 0.15) is 45.8 Å². The van der Waals surface area contributed by atoms with Gasteiger partial charge in [0.05, 0.1) is 10.9 Å². The van der Waals surface area contributed by atoms with Crippen molar-refractivity contribution in [1.29, 1.82) is 0 Å². The maximum Gasteiger partial charge on any atom is 0.184 e. The summed E-state index contributed by atoms with van der Waals surface area (Å²) in [5.41, 5.74) is 0.551. The van der Waals surface area contributed by atoms with E-state index in [0.29, 0.717) is 23.8 Å². The molecule has 116 valence electrons. The summed E-state index contributed by atoms with van der Waals surface area (Å²) in [6.07, 6.45) is 0. The number of hydrogen-bond acceptors (Lipinski definition) is 1. The average Bonchev–Trinajstić information content (AvgIpc) is 2.72. The van der Waals surface area contributed by atoms with Gasteiger partial charge in [-0.15, -0.1) is 11.6 Å². The molecule has 0 amide bonds. The van der Waals surface area contributed by atoms with E-state index in [1.807, 2.05) is 0 Å². The van der Waals surface area contributed by atoms with Gasteiger partial charge in [0.1, 0.15) is 11.3 Å². The second-order valence-corrected chi connectivity index (χ2v) is 7.20. The minimum absolute atomic E-state index is 0.0904. The monoisotopic (exact) mass is 314 g/mol. The van der Waals surface area contributed by atoms with Gasteiger partial charge in [0, 0.05) is 6.54 Å². The smallest absolute Gasteiger partial charge is 0.184 e. The van der Waals surface area contributed by atoms with Gasteiger partial charge >= 0.3 is 0 Å². The third-order valence-electron chi connectivity index (χ3n) is 4.31. The largest absolute Gasteiger partial charge is 0.324 e. The summed E-state index contributed by atoms with van der Waals surface area (Å²) in [6, 6.07) is 2.60. The Morgan fingerprint density at radius 3 is 2.38 bits per heavy atom. The molecule has 2 rings (SSSR count). The molecule has 0 aliphatic heterocycles. The average molecular weight is 315 g/mol. The van der Waals surface area contributed by atoms with Crippen LogP contribution in [-0.2, 0) is 6.54 Å². The molecule has 0 aliphatic carbocycles. The molecule has 1 aromatic heterocycles. The van der Waals surface area contributed by atoms with Gasteiger partial charge in [0.15, 0.2) is 11.6 Å². The molecule has 1 heterocycles. The summed E-state index contributed by atoms with van der Waals surface area (Å²) < 4.78 is 29.5. The number of rotatable bonds is 4. The third kappa shape index (κ3) is 2.91. The number of imidazole rings is 1. The van der Waals surface area contributed by atoms with Crippen LogP contribution < -0.4 is 0 Å². The van der Waals surface area contributed by atoms with Gasteiger partial charge in [-0.1, -0.05) is 27.7 Å². The lowest BCUT2D eigenvalue weighted by Crippen LogP contribution is -2.27. The van der Waals surface area contributed by atoms with Gasteiger partial charge in [-0.25, -0.2) is 13.8 Å². The lowest BCUT2D eigenvalue weighted by molar-refractivity contribution is 0.210. The third-order valence-corrected chi connectivity index (χ3v) is 4.51. The number of nitrogens with zero attached hydrogens (tertiary/aromatic N) is 2. The molecule has 1 unspecified atom stereocenters. The number of benzene rings is 1. The Morgan fingerprint density at radius 1 is 1.24 bits per heavy atom. The second-order valence-electron chi connectivity index (χ2n) is 6.54. The first-order valence-corrected chi connectivity index (χ1v) is 7.57. The Balaban J connectivity index is 2.69. The van der Waals surface area contributed by atoms with Crippen molar-refractivity contribution in [3.8, 4) is 0 Å². The topological polar surface area (TPSA) is 17.8 Å².